The Hall–Kier alpha value is -0.930. The van der Waals surface area contributed by atoms with Crippen molar-refractivity contribution in [3.63, 3.8) is 0 Å². The lowest BCUT2D eigenvalue weighted by Gasteiger charge is -2.33. The average Bonchev–Trinajstić information content (AvgIpc) is 2.32. The third-order valence-electron chi connectivity index (χ3n) is 3.58. The topological polar surface area (TPSA) is 36.4 Å². The molecule has 2 atom stereocenters. The Morgan fingerprint density at radius 2 is 2.35 bits per heavy atom. The van der Waals surface area contributed by atoms with Crippen molar-refractivity contribution in [1.29, 1.82) is 0 Å². The van der Waals surface area contributed by atoms with Crippen LogP contribution in [0.15, 0.2) is 18.3 Å². The first-order chi connectivity index (χ1) is 8.15. The minimum atomic E-state index is -0.191. The van der Waals surface area contributed by atoms with Gasteiger partial charge in [-0.2, -0.15) is 0 Å². The van der Waals surface area contributed by atoms with Crippen molar-refractivity contribution < 1.29 is 5.11 Å². The van der Waals surface area contributed by atoms with Gasteiger partial charge in [0.1, 0.15) is 0 Å². The summed E-state index contributed by atoms with van der Waals surface area (Å²) in [5.74, 6) is 0.425. The fourth-order valence-corrected chi connectivity index (χ4v) is 2.45. The van der Waals surface area contributed by atoms with Crippen molar-refractivity contribution in [2.24, 2.45) is 5.92 Å². The first kappa shape index (κ1) is 12.5. The highest BCUT2D eigenvalue weighted by Crippen LogP contribution is 2.20. The van der Waals surface area contributed by atoms with Crippen LogP contribution in [0.4, 0.5) is 0 Å². The van der Waals surface area contributed by atoms with Crippen molar-refractivity contribution >= 4 is 0 Å². The number of nitrogens with zero attached hydrogens (tertiary/aromatic N) is 2. The molecular formula is C14H22N2O. The number of hydrogen-bond acceptors (Lipinski definition) is 3. The Balaban J connectivity index is 1.92. The van der Waals surface area contributed by atoms with Crippen molar-refractivity contribution in [3.8, 4) is 0 Å². The summed E-state index contributed by atoms with van der Waals surface area (Å²) in [5, 5.41) is 9.66. The van der Waals surface area contributed by atoms with Crippen LogP contribution in [0.1, 0.15) is 31.0 Å². The number of rotatable bonds is 3. The molecule has 0 bridgehead atoms. The summed E-state index contributed by atoms with van der Waals surface area (Å²) in [6.45, 7) is 6.98. The van der Waals surface area contributed by atoms with Gasteiger partial charge in [-0.05, 0) is 50.8 Å². The molecule has 2 heterocycles. The minimum Gasteiger partial charge on any atom is -0.393 e. The van der Waals surface area contributed by atoms with E-state index in [9.17, 15) is 5.11 Å². The van der Waals surface area contributed by atoms with Gasteiger partial charge in [0.25, 0.3) is 0 Å². The van der Waals surface area contributed by atoms with Crippen molar-refractivity contribution in [2.75, 3.05) is 13.1 Å². The second-order valence-electron chi connectivity index (χ2n) is 5.20. The molecule has 0 aliphatic carbocycles. The maximum absolute atomic E-state index is 9.66. The van der Waals surface area contributed by atoms with Crippen LogP contribution in [0.3, 0.4) is 0 Å². The molecule has 2 rings (SSSR count). The summed E-state index contributed by atoms with van der Waals surface area (Å²) in [6.07, 6.45) is 4.06. The summed E-state index contributed by atoms with van der Waals surface area (Å²) in [4.78, 5) is 6.84. The van der Waals surface area contributed by atoms with Gasteiger partial charge in [0.15, 0.2) is 0 Å². The molecule has 3 heteroatoms. The van der Waals surface area contributed by atoms with Crippen LogP contribution in [0.5, 0.6) is 0 Å². The minimum absolute atomic E-state index is 0.191. The van der Waals surface area contributed by atoms with E-state index in [1.807, 2.05) is 13.1 Å². The maximum atomic E-state index is 9.66. The normalized spacial score (nSPS) is 23.6. The van der Waals surface area contributed by atoms with Crippen LogP contribution < -0.4 is 0 Å². The second-order valence-corrected chi connectivity index (χ2v) is 5.20. The molecule has 94 valence electrons. The molecule has 1 aromatic rings. The number of likely N-dealkylation sites (tertiary alicyclic amines) is 1. The third-order valence-corrected chi connectivity index (χ3v) is 3.58. The summed E-state index contributed by atoms with van der Waals surface area (Å²) in [7, 11) is 0. The quantitative estimate of drug-likeness (QED) is 0.869. The molecule has 1 aliphatic heterocycles. The summed E-state index contributed by atoms with van der Waals surface area (Å²) in [5.41, 5.74) is 2.33. The lowest BCUT2D eigenvalue weighted by molar-refractivity contribution is 0.0594. The second kappa shape index (κ2) is 5.61. The number of pyridine rings is 1. The van der Waals surface area contributed by atoms with E-state index >= 15 is 0 Å². The molecule has 0 aromatic carbocycles. The standard InChI is InChI=1S/C14H22N2O/c1-11-5-6-14(15-8-11)10-16-7-3-4-13(9-16)12(2)17/h5-6,8,12-13,17H,3-4,7,9-10H2,1-2H3/t12-,13+/m1/s1. The maximum Gasteiger partial charge on any atom is 0.0552 e. The largest absolute Gasteiger partial charge is 0.393 e. The van der Waals surface area contributed by atoms with Gasteiger partial charge in [-0.15, -0.1) is 0 Å². The van der Waals surface area contributed by atoms with Crippen LogP contribution in [0, 0.1) is 12.8 Å². The van der Waals surface area contributed by atoms with Crippen LogP contribution >= 0.6 is 0 Å². The highest BCUT2D eigenvalue weighted by atomic mass is 16.3. The van der Waals surface area contributed by atoms with Crippen LogP contribution in [-0.2, 0) is 6.54 Å². The first-order valence-corrected chi connectivity index (χ1v) is 6.47. The predicted molar refractivity (Wildman–Crippen MR) is 68.7 cm³/mol. The van der Waals surface area contributed by atoms with E-state index in [0.717, 1.165) is 31.7 Å². The highest BCUT2D eigenvalue weighted by Gasteiger charge is 2.23. The SMILES string of the molecule is Cc1ccc(CN2CCC[C@H]([C@@H](C)O)C2)nc1. The van der Waals surface area contributed by atoms with E-state index in [2.05, 4.69) is 28.9 Å². The van der Waals surface area contributed by atoms with Crippen LogP contribution in [0.25, 0.3) is 0 Å². The summed E-state index contributed by atoms with van der Waals surface area (Å²) in [6, 6.07) is 4.21. The monoisotopic (exact) mass is 234 g/mol. The molecule has 1 aromatic heterocycles. The molecule has 3 nitrogen and oxygen atoms in total. The van der Waals surface area contributed by atoms with Gasteiger partial charge >= 0.3 is 0 Å². The lowest BCUT2D eigenvalue weighted by Crippen LogP contribution is -2.39. The van der Waals surface area contributed by atoms with E-state index in [1.165, 1.54) is 12.0 Å². The van der Waals surface area contributed by atoms with E-state index in [1.54, 1.807) is 0 Å². The van der Waals surface area contributed by atoms with Gasteiger partial charge in [0.2, 0.25) is 0 Å². The summed E-state index contributed by atoms with van der Waals surface area (Å²) >= 11 is 0. The molecule has 0 unspecified atom stereocenters. The molecule has 17 heavy (non-hydrogen) atoms. The van der Waals surface area contributed by atoms with Gasteiger partial charge in [0, 0.05) is 19.3 Å². The fourth-order valence-electron chi connectivity index (χ4n) is 2.45. The molecule has 1 aliphatic rings. The Labute approximate surface area is 103 Å². The average molecular weight is 234 g/mol. The van der Waals surface area contributed by atoms with Gasteiger partial charge in [0.05, 0.1) is 11.8 Å². The lowest BCUT2D eigenvalue weighted by atomic mass is 9.93. The zero-order valence-electron chi connectivity index (χ0n) is 10.8. The molecule has 1 fully saturated rings. The molecule has 1 N–H and O–H groups in total. The summed E-state index contributed by atoms with van der Waals surface area (Å²) < 4.78 is 0. The van der Waals surface area contributed by atoms with E-state index in [0.29, 0.717) is 5.92 Å². The Morgan fingerprint density at radius 1 is 1.53 bits per heavy atom. The van der Waals surface area contributed by atoms with Crippen LogP contribution in [-0.4, -0.2) is 34.2 Å². The van der Waals surface area contributed by atoms with Gasteiger partial charge < -0.3 is 5.11 Å². The van der Waals surface area contributed by atoms with Crippen molar-refractivity contribution in [3.05, 3.63) is 29.6 Å². The number of aryl methyl sites for hydroxylation is 1. The Kier molecular flexibility index (Phi) is 4.13. The smallest absolute Gasteiger partial charge is 0.0552 e. The number of aliphatic hydroxyl groups excluding tert-OH is 1. The molecular weight excluding hydrogens is 212 g/mol. The third kappa shape index (κ3) is 3.51. The zero-order chi connectivity index (χ0) is 12.3. The molecule has 0 amide bonds. The molecule has 1 saturated heterocycles. The fraction of sp³-hybridized carbons (Fsp3) is 0.643. The number of hydrogen-bond donors (Lipinski definition) is 1. The van der Waals surface area contributed by atoms with Crippen LogP contribution in [0.2, 0.25) is 0 Å². The number of piperidine rings is 1. The van der Waals surface area contributed by atoms with Gasteiger partial charge in [-0.3, -0.25) is 9.88 Å². The highest BCUT2D eigenvalue weighted by molar-refractivity contribution is 5.12. The number of aromatic nitrogens is 1. The Bertz CT molecular complexity index is 348. The van der Waals surface area contributed by atoms with E-state index in [-0.39, 0.29) is 6.10 Å². The van der Waals surface area contributed by atoms with Crippen molar-refractivity contribution in [2.45, 2.75) is 39.3 Å². The predicted octanol–water partition coefficient (Wildman–Crippen LogP) is 1.98. The van der Waals surface area contributed by atoms with E-state index in [4.69, 9.17) is 0 Å². The zero-order valence-corrected chi connectivity index (χ0v) is 10.8. The van der Waals surface area contributed by atoms with E-state index < -0.39 is 0 Å². The number of aliphatic hydroxyl groups is 1. The Morgan fingerprint density at radius 3 is 3.00 bits per heavy atom. The first-order valence-electron chi connectivity index (χ1n) is 6.47. The molecule has 0 radical (unpaired) electrons. The molecule has 0 saturated carbocycles. The molecule has 0 spiro atoms. The van der Waals surface area contributed by atoms with Gasteiger partial charge in [-0.25, -0.2) is 0 Å². The van der Waals surface area contributed by atoms with Crippen molar-refractivity contribution in [1.82, 2.24) is 9.88 Å². The van der Waals surface area contributed by atoms with Gasteiger partial charge in [-0.1, -0.05) is 6.07 Å².